The van der Waals surface area contributed by atoms with E-state index >= 15 is 4.39 Å². The number of ketones is 1. The number of nitrogens with zero attached hydrogens (tertiary/aromatic N) is 3. The van der Waals surface area contributed by atoms with Crippen molar-refractivity contribution in [1.82, 2.24) is 19.5 Å². The van der Waals surface area contributed by atoms with Crippen LogP contribution in [0.3, 0.4) is 0 Å². The molecule has 0 bridgehead atoms. The third kappa shape index (κ3) is 4.91. The van der Waals surface area contributed by atoms with E-state index in [0.717, 1.165) is 13.1 Å². The van der Waals surface area contributed by atoms with Crippen molar-refractivity contribution >= 4 is 15.8 Å². The molecule has 0 unspecified atom stereocenters. The van der Waals surface area contributed by atoms with E-state index in [1.165, 1.54) is 16.6 Å². The highest BCUT2D eigenvalue weighted by atomic mass is 32.2. The molecule has 0 radical (unpaired) electrons. The van der Waals surface area contributed by atoms with Crippen LogP contribution in [0.2, 0.25) is 0 Å². The van der Waals surface area contributed by atoms with E-state index in [2.05, 4.69) is 29.0 Å². The number of piperidine rings is 1. The largest absolute Gasteiger partial charge is 0.309 e. The Hall–Kier alpha value is -2.20. The molecule has 1 aromatic carbocycles. The molecule has 0 saturated carbocycles. The smallest absolute Gasteiger partial charge is 0.261 e. The van der Waals surface area contributed by atoms with E-state index in [0.29, 0.717) is 35.3 Å². The Morgan fingerprint density at radius 1 is 1.12 bits per heavy atom. The number of piperazine rings is 1. The molecule has 3 heterocycles. The van der Waals surface area contributed by atoms with Gasteiger partial charge in [0.1, 0.15) is 11.6 Å². The van der Waals surface area contributed by atoms with E-state index < -0.39 is 10.0 Å². The van der Waals surface area contributed by atoms with Crippen LogP contribution in [-0.2, 0) is 21.4 Å². The number of carbonyl (C=O) groups is 1. The minimum Gasteiger partial charge on any atom is -0.309 e. The van der Waals surface area contributed by atoms with Gasteiger partial charge in [0.25, 0.3) is 10.0 Å². The Balaban J connectivity index is 1.60. The molecule has 172 valence electrons. The maximum absolute atomic E-state index is 15.1. The molecule has 32 heavy (non-hydrogen) atoms. The van der Waals surface area contributed by atoms with E-state index in [1.807, 2.05) is 0 Å². The number of pyridine rings is 1. The Morgan fingerprint density at radius 3 is 2.47 bits per heavy atom. The summed E-state index contributed by atoms with van der Waals surface area (Å²) in [6, 6.07) is 8.84. The second-order valence-electron chi connectivity index (χ2n) is 8.77. The molecule has 1 N–H and O–H groups in total. The molecule has 2 fully saturated rings. The Morgan fingerprint density at radius 2 is 1.81 bits per heavy atom. The summed E-state index contributed by atoms with van der Waals surface area (Å²) >= 11 is 0. The lowest BCUT2D eigenvalue weighted by Gasteiger charge is -2.36. The summed E-state index contributed by atoms with van der Waals surface area (Å²) in [5, 5.41) is 3.36. The highest BCUT2D eigenvalue weighted by Gasteiger charge is 2.32. The van der Waals surface area contributed by atoms with Crippen LogP contribution in [0.5, 0.6) is 0 Å². The third-order valence-corrected chi connectivity index (χ3v) is 7.89. The zero-order valence-electron chi connectivity index (χ0n) is 18.4. The van der Waals surface area contributed by atoms with Gasteiger partial charge in [0.15, 0.2) is 5.03 Å². The molecular weight excluding hydrogens is 431 g/mol. The predicted octanol–water partition coefficient (Wildman–Crippen LogP) is 2.42. The maximum Gasteiger partial charge on any atom is 0.261 e. The minimum atomic E-state index is -3.89. The molecule has 4 rings (SSSR count). The number of hydrogen-bond donors (Lipinski definition) is 1. The van der Waals surface area contributed by atoms with Crippen LogP contribution in [0.25, 0.3) is 11.1 Å². The van der Waals surface area contributed by atoms with Crippen LogP contribution in [0.4, 0.5) is 4.39 Å². The van der Waals surface area contributed by atoms with Crippen LogP contribution >= 0.6 is 0 Å². The molecule has 2 aliphatic heterocycles. The molecule has 0 spiro atoms. The lowest BCUT2D eigenvalue weighted by Crippen LogP contribution is -2.53. The van der Waals surface area contributed by atoms with Crippen LogP contribution in [0, 0.1) is 5.82 Å². The van der Waals surface area contributed by atoms with Crippen molar-refractivity contribution in [2.75, 3.05) is 26.2 Å². The van der Waals surface area contributed by atoms with Gasteiger partial charge in [-0.2, -0.15) is 4.31 Å². The standard InChI is InChI=1S/C23H29FN4O3S/c1-16-13-27(14-17(2)26-16)15-19-6-5-18(12-22(19)24)21-4-3-9-25-23(21)32(30,31)28-10-7-20(29)8-11-28/h3-6,9,12,16-17,26H,7-8,10-11,13-15H2,1-2H3/t16-,17+. The summed E-state index contributed by atoms with van der Waals surface area (Å²) in [5.74, 6) is -0.305. The number of halogens is 1. The van der Waals surface area contributed by atoms with E-state index in [9.17, 15) is 13.2 Å². The molecule has 2 atom stereocenters. The number of sulfonamides is 1. The van der Waals surface area contributed by atoms with Gasteiger partial charge in [0, 0.05) is 75.0 Å². The van der Waals surface area contributed by atoms with E-state index in [1.54, 1.807) is 24.3 Å². The second kappa shape index (κ2) is 9.35. The molecule has 2 aromatic rings. The topological polar surface area (TPSA) is 82.6 Å². The molecular formula is C23H29FN4O3S. The first kappa shape index (κ1) is 23.0. The Kier molecular flexibility index (Phi) is 6.71. The first-order valence-corrected chi connectivity index (χ1v) is 12.4. The fourth-order valence-corrected chi connectivity index (χ4v) is 6.13. The number of carbonyl (C=O) groups excluding carboxylic acids is 1. The van der Waals surface area contributed by atoms with Crippen molar-refractivity contribution in [1.29, 1.82) is 0 Å². The summed E-state index contributed by atoms with van der Waals surface area (Å²) in [6.07, 6.45) is 1.82. The summed E-state index contributed by atoms with van der Waals surface area (Å²) in [7, 11) is -3.89. The maximum atomic E-state index is 15.1. The second-order valence-corrected chi connectivity index (χ2v) is 10.6. The van der Waals surface area contributed by atoms with Gasteiger partial charge in [-0.3, -0.25) is 9.69 Å². The van der Waals surface area contributed by atoms with Gasteiger partial charge in [-0.1, -0.05) is 12.1 Å². The van der Waals surface area contributed by atoms with Crippen LogP contribution in [0.1, 0.15) is 32.3 Å². The lowest BCUT2D eigenvalue weighted by atomic mass is 10.0. The third-order valence-electron chi connectivity index (χ3n) is 6.03. The highest BCUT2D eigenvalue weighted by molar-refractivity contribution is 7.89. The van der Waals surface area contributed by atoms with Gasteiger partial charge < -0.3 is 5.32 Å². The number of hydrogen-bond acceptors (Lipinski definition) is 6. The molecule has 7 nitrogen and oxygen atoms in total. The van der Waals surface area contributed by atoms with Crippen LogP contribution < -0.4 is 5.32 Å². The van der Waals surface area contributed by atoms with Gasteiger partial charge in [-0.05, 0) is 37.6 Å². The highest BCUT2D eigenvalue weighted by Crippen LogP contribution is 2.30. The van der Waals surface area contributed by atoms with E-state index in [-0.39, 0.29) is 42.6 Å². The Labute approximate surface area is 188 Å². The molecule has 9 heteroatoms. The van der Waals surface area contributed by atoms with Gasteiger partial charge in [-0.25, -0.2) is 17.8 Å². The fourth-order valence-electron chi connectivity index (χ4n) is 4.57. The Bertz CT molecular complexity index is 1090. The first-order chi connectivity index (χ1) is 15.2. The summed E-state index contributed by atoms with van der Waals surface area (Å²) < 4.78 is 42.8. The quantitative estimate of drug-likeness (QED) is 0.738. The van der Waals surface area contributed by atoms with Gasteiger partial charge >= 0.3 is 0 Å². The molecule has 0 amide bonds. The zero-order valence-corrected chi connectivity index (χ0v) is 19.2. The van der Waals surface area contributed by atoms with Crippen molar-refractivity contribution in [2.45, 2.75) is 50.3 Å². The zero-order chi connectivity index (χ0) is 22.9. The van der Waals surface area contributed by atoms with Crippen molar-refractivity contribution in [3.8, 4) is 11.1 Å². The molecule has 0 aliphatic carbocycles. The SMILES string of the molecule is C[C@@H]1CN(Cc2ccc(-c3cccnc3S(=O)(=O)N3CCC(=O)CC3)cc2F)C[C@H](C)N1. The van der Waals surface area contributed by atoms with Crippen molar-refractivity contribution in [3.05, 3.63) is 47.9 Å². The molecule has 2 saturated heterocycles. The lowest BCUT2D eigenvalue weighted by molar-refractivity contribution is -0.120. The number of benzene rings is 1. The number of rotatable bonds is 5. The van der Waals surface area contributed by atoms with Crippen LogP contribution in [0.15, 0.2) is 41.6 Å². The van der Waals surface area contributed by atoms with Crippen molar-refractivity contribution in [2.24, 2.45) is 0 Å². The summed E-state index contributed by atoms with van der Waals surface area (Å²) in [4.78, 5) is 17.9. The number of nitrogens with one attached hydrogen (secondary N) is 1. The van der Waals surface area contributed by atoms with Gasteiger partial charge in [0.2, 0.25) is 0 Å². The van der Waals surface area contributed by atoms with Crippen molar-refractivity contribution < 1.29 is 17.6 Å². The minimum absolute atomic E-state index is 0.0589. The average Bonchev–Trinajstić information content (AvgIpc) is 2.75. The number of aromatic nitrogens is 1. The predicted molar refractivity (Wildman–Crippen MR) is 120 cm³/mol. The van der Waals surface area contributed by atoms with E-state index in [4.69, 9.17) is 0 Å². The van der Waals surface area contributed by atoms with Crippen molar-refractivity contribution in [3.63, 3.8) is 0 Å². The first-order valence-electron chi connectivity index (χ1n) is 11.0. The molecule has 2 aliphatic rings. The fraction of sp³-hybridized carbons (Fsp3) is 0.478. The summed E-state index contributed by atoms with van der Waals surface area (Å²) in [5.41, 5.74) is 1.41. The monoisotopic (exact) mass is 460 g/mol. The number of Topliss-reactive ketones (excluding diaryl/α,β-unsaturated/α-hetero) is 1. The van der Waals surface area contributed by atoms with Gasteiger partial charge in [0.05, 0.1) is 0 Å². The summed E-state index contributed by atoms with van der Waals surface area (Å²) in [6.45, 7) is 6.71. The van der Waals surface area contributed by atoms with Gasteiger partial charge in [-0.15, -0.1) is 0 Å². The van der Waals surface area contributed by atoms with Crippen LogP contribution in [-0.4, -0.2) is 66.7 Å². The molecule has 1 aromatic heterocycles. The normalized spacial score (nSPS) is 23.4. The average molecular weight is 461 g/mol.